The van der Waals surface area contributed by atoms with Crippen LogP contribution in [0.1, 0.15) is 39.2 Å². The number of carbonyl (C=O) groups is 3. The second-order valence-corrected chi connectivity index (χ2v) is 7.33. The molecule has 0 aromatic heterocycles. The highest BCUT2D eigenvalue weighted by atomic mass is 16.5. The second kappa shape index (κ2) is 25.2. The first kappa shape index (κ1) is 36.1. The minimum Gasteiger partial charge on any atom is -0.466 e. The third-order valence-electron chi connectivity index (χ3n) is 3.60. The van der Waals surface area contributed by atoms with Gasteiger partial charge in [-0.25, -0.2) is 14.4 Å². The van der Waals surface area contributed by atoms with E-state index in [0.717, 1.165) is 19.4 Å². The first-order valence-corrected chi connectivity index (χ1v) is 11.1. The molecule has 0 spiro atoms. The number of rotatable bonds is 10. The molecule has 196 valence electrons. The average molecular weight is 490 g/mol. The SMILES string of the molecule is C=C(C)C(=O)OC.C=C(C)C(=O)OCCN(C)C.C=CC(=O)OCCCC.C=Cc1ccccc1. The number of ether oxygens (including phenoxy) is 3. The predicted octanol–water partition coefficient (Wildman–Crippen LogP) is 5.25. The summed E-state index contributed by atoms with van der Waals surface area (Å²) in [5.74, 6) is -0.990. The molecule has 0 bridgehead atoms. The fourth-order valence-electron chi connectivity index (χ4n) is 1.58. The Labute approximate surface area is 211 Å². The van der Waals surface area contributed by atoms with Crippen LogP contribution in [0.5, 0.6) is 0 Å². The molecule has 0 aliphatic carbocycles. The summed E-state index contributed by atoms with van der Waals surface area (Å²) in [5, 5.41) is 0. The molecule has 1 aromatic rings. The Balaban J connectivity index is -0.000000395. The Morgan fingerprint density at radius 2 is 1.46 bits per heavy atom. The molecule has 0 heterocycles. The van der Waals surface area contributed by atoms with Crippen LogP contribution in [-0.2, 0) is 28.6 Å². The zero-order valence-corrected chi connectivity index (χ0v) is 22.3. The first-order chi connectivity index (χ1) is 16.5. The summed E-state index contributed by atoms with van der Waals surface area (Å²) in [6.45, 7) is 20.7. The molecule has 0 unspecified atom stereocenters. The van der Waals surface area contributed by atoms with Gasteiger partial charge in [0.2, 0.25) is 0 Å². The van der Waals surface area contributed by atoms with Crippen LogP contribution in [0.3, 0.4) is 0 Å². The lowest BCUT2D eigenvalue weighted by molar-refractivity contribution is -0.139. The van der Waals surface area contributed by atoms with E-state index in [0.29, 0.717) is 24.4 Å². The van der Waals surface area contributed by atoms with E-state index >= 15 is 0 Å². The number of carbonyl (C=O) groups excluding carboxylic acids is 3. The minimum atomic E-state index is -0.347. The second-order valence-electron chi connectivity index (χ2n) is 7.33. The molecule has 0 aliphatic heterocycles. The lowest BCUT2D eigenvalue weighted by Gasteiger charge is -2.09. The summed E-state index contributed by atoms with van der Waals surface area (Å²) in [4.78, 5) is 33.3. The highest BCUT2D eigenvalue weighted by Crippen LogP contribution is 1.97. The van der Waals surface area contributed by atoms with E-state index in [-0.39, 0.29) is 17.9 Å². The topological polar surface area (TPSA) is 82.1 Å². The molecule has 1 rings (SSSR count). The van der Waals surface area contributed by atoms with Gasteiger partial charge in [0.05, 0.1) is 13.7 Å². The third-order valence-corrected chi connectivity index (χ3v) is 3.60. The van der Waals surface area contributed by atoms with E-state index in [9.17, 15) is 14.4 Å². The highest BCUT2D eigenvalue weighted by molar-refractivity contribution is 5.87. The van der Waals surface area contributed by atoms with Crippen molar-refractivity contribution in [3.8, 4) is 0 Å². The standard InChI is InChI=1S/C8H15NO2.C8H8.C7H12O2.C5H8O2/c1-7(2)8(10)11-6-5-9(3)4;1-2-8-6-4-3-5-7-8;1-3-5-6-9-7(8)4-2;1-4(2)5(6)7-3/h1,5-6H2,2-4H3;2-7H,1H2;4H,2-3,5-6H2,1H3;1H2,2-3H3. The average Bonchev–Trinajstić information content (AvgIpc) is 2.84. The molecule has 0 fully saturated rings. The number of hydrogen-bond acceptors (Lipinski definition) is 7. The summed E-state index contributed by atoms with van der Waals surface area (Å²) < 4.78 is 13.8. The largest absolute Gasteiger partial charge is 0.466 e. The van der Waals surface area contributed by atoms with Crippen LogP contribution >= 0.6 is 0 Å². The molecular weight excluding hydrogens is 446 g/mol. The molecule has 7 nitrogen and oxygen atoms in total. The number of methoxy groups -OCH3 is 1. The van der Waals surface area contributed by atoms with Crippen LogP contribution in [0.15, 0.2) is 73.9 Å². The fourth-order valence-corrected chi connectivity index (χ4v) is 1.58. The molecule has 7 heteroatoms. The van der Waals surface area contributed by atoms with Crippen LogP contribution in [0.25, 0.3) is 6.08 Å². The Hall–Kier alpha value is -3.45. The molecular formula is C28H43NO6. The maximum atomic E-state index is 10.8. The molecule has 0 radical (unpaired) electrons. The van der Waals surface area contributed by atoms with Crippen molar-refractivity contribution in [1.82, 2.24) is 4.90 Å². The van der Waals surface area contributed by atoms with Gasteiger partial charge in [-0.2, -0.15) is 0 Å². The van der Waals surface area contributed by atoms with Gasteiger partial charge >= 0.3 is 17.9 Å². The van der Waals surface area contributed by atoms with Gasteiger partial charge in [-0.3, -0.25) is 0 Å². The third kappa shape index (κ3) is 28.5. The van der Waals surface area contributed by atoms with E-state index in [2.05, 4.69) is 35.8 Å². The van der Waals surface area contributed by atoms with Crippen molar-refractivity contribution in [2.45, 2.75) is 33.6 Å². The van der Waals surface area contributed by atoms with E-state index < -0.39 is 0 Å². The van der Waals surface area contributed by atoms with Gasteiger partial charge in [0.15, 0.2) is 0 Å². The van der Waals surface area contributed by atoms with Crippen molar-refractivity contribution in [2.75, 3.05) is 41.0 Å². The van der Waals surface area contributed by atoms with Gasteiger partial charge in [-0.1, -0.05) is 76.1 Å². The van der Waals surface area contributed by atoms with Crippen molar-refractivity contribution in [2.24, 2.45) is 0 Å². The summed E-state index contributed by atoms with van der Waals surface area (Å²) >= 11 is 0. The number of unbranched alkanes of at least 4 members (excludes halogenated alkanes) is 1. The van der Waals surface area contributed by atoms with Crippen LogP contribution in [0.4, 0.5) is 0 Å². The molecule has 0 atom stereocenters. The number of hydrogen-bond donors (Lipinski definition) is 0. The monoisotopic (exact) mass is 489 g/mol. The molecule has 0 saturated heterocycles. The molecule has 0 saturated carbocycles. The molecule has 0 N–H and O–H groups in total. The van der Waals surface area contributed by atoms with Crippen molar-refractivity contribution in [3.63, 3.8) is 0 Å². The zero-order valence-electron chi connectivity index (χ0n) is 22.3. The first-order valence-electron chi connectivity index (χ1n) is 11.1. The summed E-state index contributed by atoms with van der Waals surface area (Å²) in [5.41, 5.74) is 2.05. The Morgan fingerprint density at radius 3 is 1.77 bits per heavy atom. The van der Waals surface area contributed by atoms with Crippen LogP contribution in [0, 0.1) is 0 Å². The van der Waals surface area contributed by atoms with Crippen LogP contribution < -0.4 is 0 Å². The zero-order chi connectivity index (χ0) is 27.6. The van der Waals surface area contributed by atoms with Crippen molar-refractivity contribution < 1.29 is 28.6 Å². The number of benzene rings is 1. The maximum absolute atomic E-state index is 10.8. The van der Waals surface area contributed by atoms with Gasteiger partial charge in [0.25, 0.3) is 0 Å². The van der Waals surface area contributed by atoms with E-state index in [1.807, 2.05) is 62.3 Å². The van der Waals surface area contributed by atoms with Gasteiger partial charge in [-0.15, -0.1) is 0 Å². The van der Waals surface area contributed by atoms with E-state index in [1.54, 1.807) is 13.8 Å². The number of esters is 3. The van der Waals surface area contributed by atoms with Gasteiger partial charge in [-0.05, 0) is 39.9 Å². The van der Waals surface area contributed by atoms with Crippen LogP contribution in [-0.4, -0.2) is 63.8 Å². The van der Waals surface area contributed by atoms with Crippen LogP contribution in [0.2, 0.25) is 0 Å². The van der Waals surface area contributed by atoms with Gasteiger partial charge in [0.1, 0.15) is 6.61 Å². The number of likely N-dealkylation sites (N-methyl/N-ethyl adjacent to an activating group) is 1. The molecule has 0 aliphatic rings. The Kier molecular flexibility index (Phi) is 26.0. The quantitative estimate of drug-likeness (QED) is 0.192. The minimum absolute atomic E-state index is 0.313. The normalized spacial score (nSPS) is 8.77. The van der Waals surface area contributed by atoms with Gasteiger partial charge in [0, 0.05) is 23.8 Å². The van der Waals surface area contributed by atoms with Crippen molar-refractivity contribution in [1.29, 1.82) is 0 Å². The smallest absolute Gasteiger partial charge is 0.333 e. The summed E-state index contributed by atoms with van der Waals surface area (Å²) in [6, 6.07) is 10.0. The molecule has 1 aromatic carbocycles. The van der Waals surface area contributed by atoms with Gasteiger partial charge < -0.3 is 19.1 Å². The lowest BCUT2D eigenvalue weighted by Crippen LogP contribution is -2.20. The maximum Gasteiger partial charge on any atom is 0.333 e. The summed E-state index contributed by atoms with van der Waals surface area (Å²) in [7, 11) is 5.18. The molecule has 0 amide bonds. The lowest BCUT2D eigenvalue weighted by atomic mass is 10.2. The Morgan fingerprint density at radius 1 is 0.914 bits per heavy atom. The molecule has 35 heavy (non-hydrogen) atoms. The van der Waals surface area contributed by atoms with Crippen molar-refractivity contribution >= 4 is 24.0 Å². The predicted molar refractivity (Wildman–Crippen MR) is 144 cm³/mol. The highest BCUT2D eigenvalue weighted by Gasteiger charge is 2.01. The fraction of sp³-hybridized carbons (Fsp3) is 0.393. The van der Waals surface area contributed by atoms with E-state index in [1.165, 1.54) is 18.7 Å². The van der Waals surface area contributed by atoms with E-state index in [4.69, 9.17) is 4.74 Å². The number of nitrogens with zero attached hydrogens (tertiary/aromatic N) is 1. The van der Waals surface area contributed by atoms with Crippen molar-refractivity contribution in [3.05, 3.63) is 79.4 Å². The Bertz CT molecular complexity index is 769. The summed E-state index contributed by atoms with van der Waals surface area (Å²) in [6.07, 6.45) is 4.99.